The minimum absolute atomic E-state index is 0.140. The zero-order valence-corrected chi connectivity index (χ0v) is 15.2. The van der Waals surface area contributed by atoms with Gasteiger partial charge in [0.15, 0.2) is 0 Å². The van der Waals surface area contributed by atoms with Crippen molar-refractivity contribution in [1.82, 2.24) is 4.98 Å². The Morgan fingerprint density at radius 2 is 2.04 bits per heavy atom. The van der Waals surface area contributed by atoms with Crippen molar-refractivity contribution >= 4 is 23.1 Å². The van der Waals surface area contributed by atoms with Gasteiger partial charge in [0.1, 0.15) is 5.82 Å². The summed E-state index contributed by atoms with van der Waals surface area (Å²) in [5, 5.41) is 2.02. The molecule has 124 valence electrons. The average molecular weight is 330 g/mol. The number of amides is 1. The number of aromatic nitrogens is 1. The first-order valence-corrected chi connectivity index (χ1v) is 9.26. The van der Waals surface area contributed by atoms with Crippen LogP contribution >= 0.6 is 11.3 Å². The summed E-state index contributed by atoms with van der Waals surface area (Å²) < 4.78 is 0. The molecule has 0 aliphatic carbocycles. The first-order chi connectivity index (χ1) is 11.1. The van der Waals surface area contributed by atoms with Crippen LogP contribution in [0.25, 0.3) is 0 Å². The van der Waals surface area contributed by atoms with E-state index in [-0.39, 0.29) is 5.91 Å². The summed E-state index contributed by atoms with van der Waals surface area (Å²) in [6, 6.07) is 8.07. The molecular formula is C19H26N2OS. The van der Waals surface area contributed by atoms with Crippen molar-refractivity contribution in [3.05, 3.63) is 45.8 Å². The Morgan fingerprint density at radius 1 is 1.22 bits per heavy atom. The fourth-order valence-electron chi connectivity index (χ4n) is 2.68. The van der Waals surface area contributed by atoms with Crippen LogP contribution in [0.15, 0.2) is 29.6 Å². The summed E-state index contributed by atoms with van der Waals surface area (Å²) in [5.74, 6) is 0.932. The van der Waals surface area contributed by atoms with E-state index in [0.29, 0.717) is 6.42 Å². The molecule has 4 heteroatoms. The maximum Gasteiger partial charge on any atom is 0.233 e. The molecule has 0 saturated carbocycles. The molecule has 0 radical (unpaired) electrons. The van der Waals surface area contributed by atoms with Gasteiger partial charge in [-0.05, 0) is 49.4 Å². The van der Waals surface area contributed by atoms with Crippen molar-refractivity contribution in [2.75, 3.05) is 11.4 Å². The predicted molar refractivity (Wildman–Crippen MR) is 98.2 cm³/mol. The molecule has 0 saturated heterocycles. The zero-order chi connectivity index (χ0) is 16.7. The van der Waals surface area contributed by atoms with E-state index in [9.17, 15) is 4.79 Å². The van der Waals surface area contributed by atoms with Gasteiger partial charge in [-0.25, -0.2) is 4.98 Å². The highest BCUT2D eigenvalue weighted by molar-refractivity contribution is 7.10. The van der Waals surface area contributed by atoms with Crippen LogP contribution in [0.1, 0.15) is 48.7 Å². The Morgan fingerprint density at radius 3 is 2.70 bits per heavy atom. The average Bonchev–Trinajstić information content (AvgIpc) is 2.99. The molecule has 3 nitrogen and oxygen atoms in total. The van der Waals surface area contributed by atoms with Crippen LogP contribution in [0.3, 0.4) is 0 Å². The number of unbranched alkanes of at least 4 members (excludes halogenated alkanes) is 3. The van der Waals surface area contributed by atoms with E-state index in [0.717, 1.165) is 41.3 Å². The van der Waals surface area contributed by atoms with Gasteiger partial charge >= 0.3 is 0 Å². The Balaban J connectivity index is 2.14. The fraction of sp³-hybridized carbons (Fsp3) is 0.474. The highest BCUT2D eigenvalue weighted by Crippen LogP contribution is 2.19. The predicted octanol–water partition coefficient (Wildman–Crippen LogP) is 4.92. The molecular weight excluding hydrogens is 304 g/mol. The van der Waals surface area contributed by atoms with E-state index < -0.39 is 0 Å². The minimum Gasteiger partial charge on any atom is -0.297 e. The van der Waals surface area contributed by atoms with Gasteiger partial charge in [0.2, 0.25) is 5.91 Å². The van der Waals surface area contributed by atoms with Crippen molar-refractivity contribution in [3.8, 4) is 0 Å². The monoisotopic (exact) mass is 330 g/mol. The van der Waals surface area contributed by atoms with E-state index >= 15 is 0 Å². The molecule has 0 aromatic carbocycles. The van der Waals surface area contributed by atoms with Crippen LogP contribution < -0.4 is 4.90 Å². The van der Waals surface area contributed by atoms with Gasteiger partial charge in [-0.15, -0.1) is 11.3 Å². The third-order valence-corrected chi connectivity index (χ3v) is 4.68. The quantitative estimate of drug-likeness (QED) is 0.644. The van der Waals surface area contributed by atoms with Crippen LogP contribution in [0, 0.1) is 13.8 Å². The first kappa shape index (κ1) is 17.7. The highest BCUT2D eigenvalue weighted by Gasteiger charge is 2.18. The van der Waals surface area contributed by atoms with Crippen LogP contribution in [-0.2, 0) is 11.2 Å². The summed E-state index contributed by atoms with van der Waals surface area (Å²) in [5.41, 5.74) is 2.11. The van der Waals surface area contributed by atoms with Gasteiger partial charge in [-0.1, -0.05) is 32.3 Å². The standard InChI is InChI=1S/C19H26N2OS/c1-4-5-6-7-10-21(18-13-15(2)12-16(3)20-18)19(22)14-17-9-8-11-23-17/h8-9,11-13H,4-7,10,14H2,1-3H3. The van der Waals surface area contributed by atoms with E-state index in [1.165, 1.54) is 12.8 Å². The Kier molecular flexibility index (Phi) is 6.78. The first-order valence-electron chi connectivity index (χ1n) is 8.38. The molecule has 0 N–H and O–H groups in total. The maximum atomic E-state index is 12.8. The van der Waals surface area contributed by atoms with Crippen LogP contribution in [0.2, 0.25) is 0 Å². The number of pyridine rings is 1. The number of carbonyl (C=O) groups excluding carboxylic acids is 1. The number of rotatable bonds is 8. The van der Waals surface area contributed by atoms with Crippen molar-refractivity contribution in [3.63, 3.8) is 0 Å². The molecule has 0 aliphatic rings. The van der Waals surface area contributed by atoms with Crippen molar-refractivity contribution in [1.29, 1.82) is 0 Å². The van der Waals surface area contributed by atoms with E-state index in [2.05, 4.69) is 18.8 Å². The lowest BCUT2D eigenvalue weighted by Crippen LogP contribution is -2.34. The lowest BCUT2D eigenvalue weighted by molar-refractivity contribution is -0.118. The largest absolute Gasteiger partial charge is 0.297 e. The number of aryl methyl sites for hydroxylation is 2. The molecule has 0 aliphatic heterocycles. The van der Waals surface area contributed by atoms with Crippen LogP contribution in [0.4, 0.5) is 5.82 Å². The van der Waals surface area contributed by atoms with Crippen molar-refractivity contribution in [2.45, 2.75) is 52.9 Å². The molecule has 2 aromatic heterocycles. The van der Waals surface area contributed by atoms with Crippen LogP contribution in [-0.4, -0.2) is 17.4 Å². The van der Waals surface area contributed by atoms with E-state index in [4.69, 9.17) is 0 Å². The lowest BCUT2D eigenvalue weighted by Gasteiger charge is -2.22. The number of hydrogen-bond donors (Lipinski definition) is 0. The maximum absolute atomic E-state index is 12.8. The molecule has 0 spiro atoms. The topological polar surface area (TPSA) is 33.2 Å². The second kappa shape index (κ2) is 8.82. The molecule has 0 atom stereocenters. The number of nitrogens with zero attached hydrogens (tertiary/aromatic N) is 2. The van der Waals surface area contributed by atoms with Gasteiger partial charge < -0.3 is 0 Å². The molecule has 23 heavy (non-hydrogen) atoms. The minimum atomic E-state index is 0.140. The Hall–Kier alpha value is -1.68. The van der Waals surface area contributed by atoms with Gasteiger partial charge in [-0.3, -0.25) is 9.69 Å². The molecule has 1 amide bonds. The fourth-order valence-corrected chi connectivity index (χ4v) is 3.38. The smallest absolute Gasteiger partial charge is 0.233 e. The lowest BCUT2D eigenvalue weighted by atomic mass is 10.2. The molecule has 0 unspecified atom stereocenters. The van der Waals surface area contributed by atoms with Crippen molar-refractivity contribution in [2.24, 2.45) is 0 Å². The Labute approximate surface area is 143 Å². The van der Waals surface area contributed by atoms with E-state index in [1.54, 1.807) is 11.3 Å². The van der Waals surface area contributed by atoms with Crippen LogP contribution in [0.5, 0.6) is 0 Å². The third kappa shape index (κ3) is 5.47. The zero-order valence-electron chi connectivity index (χ0n) is 14.3. The third-order valence-electron chi connectivity index (χ3n) is 3.80. The van der Waals surface area contributed by atoms with E-state index in [1.807, 2.05) is 41.5 Å². The summed E-state index contributed by atoms with van der Waals surface area (Å²) in [4.78, 5) is 20.4. The molecule has 0 fully saturated rings. The Bertz CT molecular complexity index is 602. The second-order valence-corrected chi connectivity index (χ2v) is 7.04. The number of hydrogen-bond acceptors (Lipinski definition) is 3. The van der Waals surface area contributed by atoms with Gasteiger partial charge in [0.05, 0.1) is 6.42 Å². The molecule has 2 rings (SSSR count). The van der Waals surface area contributed by atoms with Crippen molar-refractivity contribution < 1.29 is 4.79 Å². The van der Waals surface area contributed by atoms with Gasteiger partial charge in [0, 0.05) is 17.1 Å². The summed E-state index contributed by atoms with van der Waals surface area (Å²) in [7, 11) is 0. The molecule has 0 bridgehead atoms. The molecule has 2 heterocycles. The number of carbonyl (C=O) groups is 1. The number of thiophene rings is 1. The van der Waals surface area contributed by atoms with Gasteiger partial charge in [0.25, 0.3) is 0 Å². The SMILES string of the molecule is CCCCCCN(C(=O)Cc1cccs1)c1cc(C)cc(C)n1. The summed E-state index contributed by atoms with van der Waals surface area (Å²) in [6.07, 6.45) is 5.06. The summed E-state index contributed by atoms with van der Waals surface area (Å²) in [6.45, 7) is 6.98. The highest BCUT2D eigenvalue weighted by atomic mass is 32.1. The normalized spacial score (nSPS) is 10.7. The molecule has 2 aromatic rings. The number of anilines is 1. The second-order valence-electron chi connectivity index (χ2n) is 6.01. The summed E-state index contributed by atoms with van der Waals surface area (Å²) >= 11 is 1.63. The van der Waals surface area contributed by atoms with Gasteiger partial charge in [-0.2, -0.15) is 0 Å².